The molecule has 174 valence electrons. The van der Waals surface area contributed by atoms with E-state index in [4.69, 9.17) is 9.47 Å². The summed E-state index contributed by atoms with van der Waals surface area (Å²) < 4.78 is 39.2. The number of nitrogens with one attached hydrogen (secondary N) is 1. The molecule has 2 aliphatic heterocycles. The van der Waals surface area contributed by atoms with Gasteiger partial charge in [0.15, 0.2) is 17.3 Å². The van der Waals surface area contributed by atoms with Gasteiger partial charge in [0.2, 0.25) is 10.0 Å². The minimum atomic E-state index is -3.67. The molecule has 1 atom stereocenters. The number of aromatic nitrogens is 1. The van der Waals surface area contributed by atoms with Crippen molar-refractivity contribution in [1.82, 2.24) is 14.2 Å². The third-order valence-corrected chi connectivity index (χ3v) is 8.31. The molecule has 9 heteroatoms. The van der Waals surface area contributed by atoms with E-state index in [0.29, 0.717) is 56.5 Å². The van der Waals surface area contributed by atoms with Gasteiger partial charge >= 0.3 is 0 Å². The molecule has 8 nitrogen and oxygen atoms in total. The van der Waals surface area contributed by atoms with Crippen molar-refractivity contribution in [3.8, 4) is 11.5 Å². The summed E-state index contributed by atoms with van der Waals surface area (Å²) in [7, 11) is -3.67. The van der Waals surface area contributed by atoms with E-state index in [2.05, 4.69) is 4.98 Å². The highest BCUT2D eigenvalue weighted by atomic mass is 32.2. The van der Waals surface area contributed by atoms with Crippen LogP contribution in [0.2, 0.25) is 0 Å². The topological polar surface area (TPSA) is 91.9 Å². The summed E-state index contributed by atoms with van der Waals surface area (Å²) in [6, 6.07) is 12.2. The Morgan fingerprint density at radius 1 is 1.00 bits per heavy atom. The molecule has 3 heterocycles. The first-order valence-corrected chi connectivity index (χ1v) is 12.6. The monoisotopic (exact) mass is 469 g/mol. The van der Waals surface area contributed by atoms with Gasteiger partial charge in [-0.25, -0.2) is 8.42 Å². The summed E-state index contributed by atoms with van der Waals surface area (Å²) in [6.07, 6.45) is 2.52. The molecule has 3 aromatic rings. The number of piperazine rings is 1. The number of rotatable bonds is 5. The number of carbonyl (C=O) groups excluding carboxylic acids is 1. The number of para-hydroxylation sites is 1. The number of fused-ring (bicyclic) bond motifs is 2. The number of aromatic amines is 1. The van der Waals surface area contributed by atoms with Gasteiger partial charge in [0, 0.05) is 61.3 Å². The van der Waals surface area contributed by atoms with Gasteiger partial charge in [-0.3, -0.25) is 9.69 Å². The third kappa shape index (κ3) is 4.12. The molecular weight excluding hydrogens is 442 g/mol. The van der Waals surface area contributed by atoms with Gasteiger partial charge in [0.05, 0.1) is 24.2 Å². The highest BCUT2D eigenvalue weighted by molar-refractivity contribution is 7.89. The van der Waals surface area contributed by atoms with Crippen LogP contribution >= 0.6 is 0 Å². The van der Waals surface area contributed by atoms with Crippen molar-refractivity contribution in [2.75, 3.05) is 39.4 Å². The largest absolute Gasteiger partial charge is 0.490 e. The molecule has 0 spiro atoms. The van der Waals surface area contributed by atoms with Gasteiger partial charge < -0.3 is 14.5 Å². The number of ketones is 1. The van der Waals surface area contributed by atoms with Crippen molar-refractivity contribution in [2.45, 2.75) is 24.3 Å². The predicted molar refractivity (Wildman–Crippen MR) is 124 cm³/mol. The van der Waals surface area contributed by atoms with Crippen molar-refractivity contribution in [1.29, 1.82) is 0 Å². The first kappa shape index (κ1) is 21.9. The van der Waals surface area contributed by atoms with Crippen molar-refractivity contribution in [3.63, 3.8) is 0 Å². The Morgan fingerprint density at radius 2 is 1.73 bits per heavy atom. The third-order valence-electron chi connectivity index (χ3n) is 6.41. The molecule has 1 N–H and O–H groups in total. The molecule has 0 aliphatic carbocycles. The van der Waals surface area contributed by atoms with Crippen molar-refractivity contribution in [2.24, 2.45) is 0 Å². The van der Waals surface area contributed by atoms with Crippen molar-refractivity contribution >= 4 is 26.7 Å². The molecule has 0 bridgehead atoms. The molecule has 1 saturated heterocycles. The molecule has 0 amide bonds. The molecule has 2 aliphatic rings. The normalized spacial score (nSPS) is 18.7. The van der Waals surface area contributed by atoms with Gasteiger partial charge in [-0.1, -0.05) is 18.2 Å². The Labute approximate surface area is 193 Å². The Kier molecular flexibility index (Phi) is 5.86. The van der Waals surface area contributed by atoms with E-state index < -0.39 is 10.0 Å². The number of ether oxygens (including phenoxy) is 2. The quantitative estimate of drug-likeness (QED) is 0.578. The maximum Gasteiger partial charge on any atom is 0.243 e. The molecule has 1 aromatic heterocycles. The Bertz CT molecular complexity index is 1280. The molecular formula is C24H27N3O5S. The number of hydrogen-bond acceptors (Lipinski definition) is 6. The molecule has 33 heavy (non-hydrogen) atoms. The second-order valence-electron chi connectivity index (χ2n) is 8.39. The lowest BCUT2D eigenvalue weighted by Crippen LogP contribution is -2.53. The van der Waals surface area contributed by atoms with Gasteiger partial charge in [-0.15, -0.1) is 0 Å². The minimum Gasteiger partial charge on any atom is -0.490 e. The first-order valence-electron chi connectivity index (χ1n) is 11.2. The summed E-state index contributed by atoms with van der Waals surface area (Å²) >= 11 is 0. The second kappa shape index (κ2) is 8.81. The number of H-pyrrole nitrogens is 1. The SMILES string of the molecule is C[C@H](C(=O)c1c[nH]c2ccccc12)N1CCN(S(=O)(=O)c2ccc3c(c2)OCCCO3)CC1. The minimum absolute atomic E-state index is 0.0339. The molecule has 0 saturated carbocycles. The summed E-state index contributed by atoms with van der Waals surface area (Å²) in [6.45, 7) is 4.55. The standard InChI is InChI=1S/C24H27N3O5S/c1-17(24(28)20-16-25-21-6-3-2-5-19(20)21)26-9-11-27(12-10-26)33(29,30)18-7-8-22-23(15-18)32-14-4-13-31-22/h2-3,5-8,15-17,25H,4,9-14H2,1H3/t17-/m1/s1. The lowest BCUT2D eigenvalue weighted by atomic mass is 10.0. The van der Waals surface area contributed by atoms with Crippen LogP contribution in [0.4, 0.5) is 0 Å². The lowest BCUT2D eigenvalue weighted by Gasteiger charge is -2.36. The zero-order valence-electron chi connectivity index (χ0n) is 18.5. The molecule has 0 unspecified atom stereocenters. The van der Waals surface area contributed by atoms with E-state index in [9.17, 15) is 13.2 Å². The van der Waals surface area contributed by atoms with Crippen LogP contribution in [0.15, 0.2) is 53.6 Å². The summed E-state index contributed by atoms with van der Waals surface area (Å²) in [5.74, 6) is 1.07. The predicted octanol–water partition coefficient (Wildman–Crippen LogP) is 2.91. The number of benzene rings is 2. The number of Topliss-reactive ketones (excluding diaryl/α,β-unsaturated/α-hetero) is 1. The van der Waals surface area contributed by atoms with Crippen LogP contribution in [-0.4, -0.2) is 73.8 Å². The van der Waals surface area contributed by atoms with Crippen LogP contribution in [-0.2, 0) is 10.0 Å². The zero-order valence-corrected chi connectivity index (χ0v) is 19.3. The Morgan fingerprint density at radius 3 is 2.52 bits per heavy atom. The highest BCUT2D eigenvalue weighted by Crippen LogP contribution is 2.33. The van der Waals surface area contributed by atoms with Gasteiger partial charge in [0.25, 0.3) is 0 Å². The second-order valence-corrected chi connectivity index (χ2v) is 10.3. The Hall–Kier alpha value is -2.88. The van der Waals surface area contributed by atoms with Crippen LogP contribution < -0.4 is 9.47 Å². The van der Waals surface area contributed by atoms with Gasteiger partial charge in [-0.2, -0.15) is 4.31 Å². The van der Waals surface area contributed by atoms with E-state index in [1.807, 2.05) is 36.1 Å². The molecule has 1 fully saturated rings. The van der Waals surface area contributed by atoms with Gasteiger partial charge in [-0.05, 0) is 25.1 Å². The van der Waals surface area contributed by atoms with E-state index in [1.54, 1.807) is 24.4 Å². The number of sulfonamides is 1. The van der Waals surface area contributed by atoms with Crippen molar-refractivity contribution in [3.05, 3.63) is 54.2 Å². The lowest BCUT2D eigenvalue weighted by molar-refractivity contribution is 0.0784. The fourth-order valence-electron chi connectivity index (χ4n) is 4.45. The Balaban J connectivity index is 1.27. The van der Waals surface area contributed by atoms with E-state index in [1.165, 1.54) is 4.31 Å². The van der Waals surface area contributed by atoms with E-state index >= 15 is 0 Å². The fraction of sp³-hybridized carbons (Fsp3) is 0.375. The molecule has 5 rings (SSSR count). The fourth-order valence-corrected chi connectivity index (χ4v) is 5.89. The highest BCUT2D eigenvalue weighted by Gasteiger charge is 2.33. The summed E-state index contributed by atoms with van der Waals surface area (Å²) in [5.41, 5.74) is 1.60. The number of nitrogens with zero attached hydrogens (tertiary/aromatic N) is 2. The molecule has 2 aromatic carbocycles. The maximum absolute atomic E-state index is 13.2. The van der Waals surface area contributed by atoms with Gasteiger partial charge in [0.1, 0.15) is 0 Å². The van der Waals surface area contributed by atoms with Crippen LogP contribution in [0.1, 0.15) is 23.7 Å². The smallest absolute Gasteiger partial charge is 0.243 e. The maximum atomic E-state index is 13.2. The summed E-state index contributed by atoms with van der Waals surface area (Å²) in [4.78, 5) is 18.6. The summed E-state index contributed by atoms with van der Waals surface area (Å²) in [5, 5.41) is 0.907. The zero-order chi connectivity index (χ0) is 23.0. The number of carbonyl (C=O) groups is 1. The average Bonchev–Trinajstić information content (AvgIpc) is 3.13. The van der Waals surface area contributed by atoms with E-state index in [-0.39, 0.29) is 16.7 Å². The first-order chi connectivity index (χ1) is 15.9. The van der Waals surface area contributed by atoms with Crippen LogP contribution in [0.3, 0.4) is 0 Å². The average molecular weight is 470 g/mol. The van der Waals surface area contributed by atoms with E-state index in [0.717, 1.165) is 17.3 Å². The van der Waals surface area contributed by atoms with Crippen LogP contribution in [0.25, 0.3) is 10.9 Å². The molecule has 0 radical (unpaired) electrons. The van der Waals surface area contributed by atoms with Crippen LogP contribution in [0, 0.1) is 0 Å². The number of hydrogen-bond donors (Lipinski definition) is 1. The van der Waals surface area contributed by atoms with Crippen molar-refractivity contribution < 1.29 is 22.7 Å². The van der Waals surface area contributed by atoms with Crippen LogP contribution in [0.5, 0.6) is 11.5 Å².